The fourth-order valence-electron chi connectivity index (χ4n) is 3.07. The third-order valence-corrected chi connectivity index (χ3v) is 5.35. The Morgan fingerprint density at radius 3 is 2.28 bits per heavy atom. The number of hydrogen-bond donors (Lipinski definition) is 0. The number of hydrogen-bond acceptors (Lipinski definition) is 3. The highest BCUT2D eigenvalue weighted by Gasteiger charge is 2.31. The average molecular weight is 346 g/mol. The van der Waals surface area contributed by atoms with Crippen LogP contribution >= 0.6 is 11.8 Å². The lowest BCUT2D eigenvalue weighted by Gasteiger charge is -2.34. The molecule has 0 spiro atoms. The van der Waals surface area contributed by atoms with E-state index in [2.05, 4.69) is 23.1 Å². The molecule has 3 nitrogen and oxygen atoms in total. The number of nitrogens with zero attached hydrogens (tertiary/aromatic N) is 2. The highest BCUT2D eigenvalue weighted by atomic mass is 32.2. The lowest BCUT2D eigenvalue weighted by Crippen LogP contribution is -2.30. The van der Waals surface area contributed by atoms with Gasteiger partial charge in [0.2, 0.25) is 0 Å². The number of fused-ring (bicyclic) bond motifs is 2. The molecular weight excluding hydrogens is 328 g/mol. The quantitative estimate of drug-likeness (QED) is 0.637. The van der Waals surface area contributed by atoms with Gasteiger partial charge in [-0.25, -0.2) is 0 Å². The molecule has 25 heavy (non-hydrogen) atoms. The van der Waals surface area contributed by atoms with E-state index in [-0.39, 0.29) is 5.91 Å². The SMILES string of the molecule is CN(C)c1cccc2c1N(C(=O)c1ccccc1)c1ccccc1S2. The molecule has 1 aliphatic heterocycles. The first-order valence-electron chi connectivity index (χ1n) is 8.13. The van der Waals surface area contributed by atoms with Crippen LogP contribution < -0.4 is 9.80 Å². The Hall–Kier alpha value is -2.72. The van der Waals surface area contributed by atoms with Gasteiger partial charge in [0.15, 0.2) is 0 Å². The minimum Gasteiger partial charge on any atom is -0.376 e. The monoisotopic (exact) mass is 346 g/mol. The molecule has 0 unspecified atom stereocenters. The van der Waals surface area contributed by atoms with Crippen molar-refractivity contribution < 1.29 is 4.79 Å². The summed E-state index contributed by atoms with van der Waals surface area (Å²) in [6, 6.07) is 23.7. The minimum atomic E-state index is -0.0103. The van der Waals surface area contributed by atoms with E-state index >= 15 is 0 Å². The van der Waals surface area contributed by atoms with Crippen LogP contribution in [0.1, 0.15) is 10.4 Å². The zero-order valence-electron chi connectivity index (χ0n) is 14.1. The van der Waals surface area contributed by atoms with E-state index < -0.39 is 0 Å². The van der Waals surface area contributed by atoms with Crippen molar-refractivity contribution in [2.45, 2.75) is 9.79 Å². The molecule has 3 aromatic rings. The molecular formula is C21H18N2OS. The van der Waals surface area contributed by atoms with Crippen molar-refractivity contribution in [3.8, 4) is 0 Å². The van der Waals surface area contributed by atoms with Gasteiger partial charge in [-0.05, 0) is 36.4 Å². The predicted molar refractivity (Wildman–Crippen MR) is 104 cm³/mol. The molecule has 3 aromatic carbocycles. The Kier molecular flexibility index (Phi) is 3.98. The van der Waals surface area contributed by atoms with Crippen molar-refractivity contribution in [3.63, 3.8) is 0 Å². The second-order valence-electron chi connectivity index (χ2n) is 6.09. The maximum absolute atomic E-state index is 13.4. The molecule has 0 fully saturated rings. The van der Waals surface area contributed by atoms with Crippen LogP contribution in [-0.2, 0) is 0 Å². The van der Waals surface area contributed by atoms with E-state index in [4.69, 9.17) is 0 Å². The van der Waals surface area contributed by atoms with Gasteiger partial charge < -0.3 is 4.90 Å². The van der Waals surface area contributed by atoms with Crippen LogP contribution in [0.5, 0.6) is 0 Å². The van der Waals surface area contributed by atoms with Crippen LogP contribution in [0.2, 0.25) is 0 Å². The Morgan fingerprint density at radius 1 is 0.840 bits per heavy atom. The fourth-order valence-corrected chi connectivity index (χ4v) is 4.15. The molecule has 124 valence electrons. The summed E-state index contributed by atoms with van der Waals surface area (Å²) in [6.45, 7) is 0. The van der Waals surface area contributed by atoms with E-state index in [9.17, 15) is 4.79 Å². The van der Waals surface area contributed by atoms with Gasteiger partial charge in [-0.1, -0.05) is 48.2 Å². The summed E-state index contributed by atoms with van der Waals surface area (Å²) in [7, 11) is 4.01. The summed E-state index contributed by atoms with van der Waals surface area (Å²) in [5.74, 6) is -0.0103. The van der Waals surface area contributed by atoms with Gasteiger partial charge in [0, 0.05) is 29.4 Å². The van der Waals surface area contributed by atoms with Crippen LogP contribution in [0.4, 0.5) is 17.1 Å². The third kappa shape index (κ3) is 2.68. The van der Waals surface area contributed by atoms with Gasteiger partial charge >= 0.3 is 0 Å². The van der Waals surface area contributed by atoms with Crippen molar-refractivity contribution in [3.05, 3.63) is 78.4 Å². The van der Waals surface area contributed by atoms with Gasteiger partial charge in [0.1, 0.15) is 0 Å². The second kappa shape index (κ2) is 6.30. The molecule has 0 N–H and O–H groups in total. The highest BCUT2D eigenvalue weighted by molar-refractivity contribution is 7.99. The first kappa shape index (κ1) is 15.8. The largest absolute Gasteiger partial charge is 0.376 e. The van der Waals surface area contributed by atoms with Crippen LogP contribution in [0, 0.1) is 0 Å². The molecule has 4 rings (SSSR count). The van der Waals surface area contributed by atoms with Crippen LogP contribution in [0.25, 0.3) is 0 Å². The first-order valence-corrected chi connectivity index (χ1v) is 8.95. The Bertz CT molecular complexity index is 938. The molecule has 4 heteroatoms. The lowest BCUT2D eigenvalue weighted by atomic mass is 10.1. The third-order valence-electron chi connectivity index (χ3n) is 4.23. The molecule has 0 radical (unpaired) electrons. The molecule has 0 bridgehead atoms. The summed E-state index contributed by atoms with van der Waals surface area (Å²) in [6.07, 6.45) is 0. The summed E-state index contributed by atoms with van der Waals surface area (Å²) in [5.41, 5.74) is 3.60. The summed E-state index contributed by atoms with van der Waals surface area (Å²) in [4.78, 5) is 19.5. The Labute approximate surface area is 151 Å². The summed E-state index contributed by atoms with van der Waals surface area (Å²) >= 11 is 1.71. The standard InChI is InChI=1S/C21H18N2OS/c1-22(2)17-12-8-14-19-20(17)23(16-11-6-7-13-18(16)25-19)21(24)15-9-4-3-5-10-15/h3-14H,1-2H3. The van der Waals surface area contributed by atoms with Crippen molar-refractivity contribution in [1.82, 2.24) is 0 Å². The van der Waals surface area contributed by atoms with Crippen LogP contribution in [0.3, 0.4) is 0 Å². The van der Waals surface area contributed by atoms with E-state index in [0.717, 1.165) is 26.9 Å². The first-order chi connectivity index (χ1) is 12.2. The summed E-state index contributed by atoms with van der Waals surface area (Å²) < 4.78 is 0. The molecule has 0 aromatic heterocycles. The van der Waals surface area contributed by atoms with Crippen molar-refractivity contribution in [2.24, 2.45) is 0 Å². The Balaban J connectivity index is 1.95. The number of benzene rings is 3. The normalized spacial score (nSPS) is 12.3. The number of rotatable bonds is 2. The number of para-hydroxylation sites is 2. The van der Waals surface area contributed by atoms with Gasteiger partial charge in [0.25, 0.3) is 5.91 Å². The molecule has 0 atom stereocenters. The van der Waals surface area contributed by atoms with E-state index in [1.165, 1.54) is 0 Å². The Morgan fingerprint density at radius 2 is 1.52 bits per heavy atom. The molecule has 0 saturated carbocycles. The molecule has 1 amide bonds. The van der Waals surface area contributed by atoms with Crippen molar-refractivity contribution in [1.29, 1.82) is 0 Å². The topological polar surface area (TPSA) is 23.6 Å². The van der Waals surface area contributed by atoms with Crippen molar-refractivity contribution >= 4 is 34.7 Å². The molecule has 1 aliphatic rings. The average Bonchev–Trinajstić information content (AvgIpc) is 2.65. The van der Waals surface area contributed by atoms with Gasteiger partial charge in [-0.3, -0.25) is 9.69 Å². The zero-order valence-corrected chi connectivity index (χ0v) is 15.0. The fraction of sp³-hybridized carbons (Fsp3) is 0.0952. The number of amides is 1. The van der Waals surface area contributed by atoms with Gasteiger partial charge in [0.05, 0.1) is 17.1 Å². The number of anilines is 3. The maximum atomic E-state index is 13.4. The number of carbonyl (C=O) groups is 1. The van der Waals surface area contributed by atoms with E-state index in [0.29, 0.717) is 5.56 Å². The maximum Gasteiger partial charge on any atom is 0.262 e. The molecule has 0 saturated heterocycles. The molecule has 0 aliphatic carbocycles. The van der Waals surface area contributed by atoms with Crippen LogP contribution in [-0.4, -0.2) is 20.0 Å². The van der Waals surface area contributed by atoms with Crippen LogP contribution in [0.15, 0.2) is 82.6 Å². The smallest absolute Gasteiger partial charge is 0.262 e. The van der Waals surface area contributed by atoms with Crippen molar-refractivity contribution in [2.75, 3.05) is 23.9 Å². The number of carbonyl (C=O) groups excluding carboxylic acids is 1. The predicted octanol–water partition coefficient (Wildman–Crippen LogP) is 5.20. The van der Waals surface area contributed by atoms with E-state index in [1.54, 1.807) is 11.8 Å². The summed E-state index contributed by atoms with van der Waals surface area (Å²) in [5, 5.41) is 0. The van der Waals surface area contributed by atoms with Gasteiger partial charge in [-0.2, -0.15) is 0 Å². The minimum absolute atomic E-state index is 0.0103. The molecule has 1 heterocycles. The zero-order chi connectivity index (χ0) is 17.4. The second-order valence-corrected chi connectivity index (χ2v) is 7.18. The van der Waals surface area contributed by atoms with E-state index in [1.807, 2.05) is 73.6 Å². The lowest BCUT2D eigenvalue weighted by molar-refractivity contribution is 0.0998. The highest BCUT2D eigenvalue weighted by Crippen LogP contribution is 2.51. The van der Waals surface area contributed by atoms with Gasteiger partial charge in [-0.15, -0.1) is 0 Å².